The molecule has 0 bridgehead atoms. The van der Waals surface area contributed by atoms with Crippen LogP contribution >= 0.6 is 0 Å². The van der Waals surface area contributed by atoms with Crippen LogP contribution in [0.5, 0.6) is 0 Å². The summed E-state index contributed by atoms with van der Waals surface area (Å²) in [5, 5.41) is 10.4. The van der Waals surface area contributed by atoms with Crippen LogP contribution in [0.25, 0.3) is 0 Å². The number of hydrogen-bond acceptors (Lipinski definition) is 4. The number of nitro groups is 1. The predicted octanol–water partition coefficient (Wildman–Crippen LogP) is 1.58. The van der Waals surface area contributed by atoms with Crippen LogP contribution in [0.3, 0.4) is 0 Å². The van der Waals surface area contributed by atoms with Gasteiger partial charge in [0.1, 0.15) is 11.7 Å². The summed E-state index contributed by atoms with van der Waals surface area (Å²) < 4.78 is 17.6. The minimum absolute atomic E-state index is 0.158. The summed E-state index contributed by atoms with van der Waals surface area (Å²) in [4.78, 5) is 21.3. The highest BCUT2D eigenvalue weighted by atomic mass is 19.1. The molecule has 0 unspecified atom stereocenters. The maximum atomic E-state index is 12.6. The lowest BCUT2D eigenvalue weighted by molar-refractivity contribution is -0.497. The van der Waals surface area contributed by atoms with E-state index < -0.39 is 22.9 Å². The molecule has 0 amide bonds. The number of carbonyl (C=O) groups excluding carboxylic acids is 1. The van der Waals surface area contributed by atoms with Crippen LogP contribution in [-0.2, 0) is 16.0 Å². The van der Waals surface area contributed by atoms with Gasteiger partial charge in [0.05, 0.1) is 6.61 Å². The maximum Gasteiger partial charge on any atom is 0.316 e. The molecule has 5 nitrogen and oxygen atoms in total. The number of carbonyl (C=O) groups is 1. The topological polar surface area (TPSA) is 69.4 Å². The third kappa shape index (κ3) is 3.03. The molecule has 1 aromatic carbocycles. The van der Waals surface area contributed by atoms with Gasteiger partial charge in [-0.2, -0.15) is 0 Å². The fourth-order valence-electron chi connectivity index (χ4n) is 1.70. The number of halogens is 1. The van der Waals surface area contributed by atoms with Gasteiger partial charge >= 0.3 is 5.97 Å². The standard InChI is InChI=1S/C12H12FNO4/c13-9-3-1-8(2-4-9)5-6-18-12(15)10-7-11(10)14(16)17/h1-4,10-11H,5-7H2/t10-,11+/m1/s1. The normalized spacial score (nSPS) is 21.4. The molecule has 0 radical (unpaired) electrons. The van der Waals surface area contributed by atoms with Crippen molar-refractivity contribution in [3.63, 3.8) is 0 Å². The molecule has 2 atom stereocenters. The van der Waals surface area contributed by atoms with Gasteiger partial charge in [-0.15, -0.1) is 0 Å². The van der Waals surface area contributed by atoms with E-state index >= 15 is 0 Å². The van der Waals surface area contributed by atoms with E-state index in [1.807, 2.05) is 0 Å². The Bertz CT molecular complexity index is 460. The van der Waals surface area contributed by atoms with Crippen molar-refractivity contribution in [3.05, 3.63) is 45.8 Å². The molecule has 1 fully saturated rings. The van der Waals surface area contributed by atoms with Gasteiger partial charge < -0.3 is 4.74 Å². The molecular weight excluding hydrogens is 241 g/mol. The van der Waals surface area contributed by atoms with Gasteiger partial charge in [0.25, 0.3) is 0 Å². The second kappa shape index (κ2) is 5.12. The van der Waals surface area contributed by atoms with Gasteiger partial charge in [-0.3, -0.25) is 14.9 Å². The summed E-state index contributed by atoms with van der Waals surface area (Å²) in [6.07, 6.45) is 0.740. The lowest BCUT2D eigenvalue weighted by atomic mass is 10.2. The molecule has 0 saturated heterocycles. The van der Waals surface area contributed by atoms with Crippen LogP contribution in [-0.4, -0.2) is 23.5 Å². The molecule has 96 valence electrons. The van der Waals surface area contributed by atoms with Gasteiger partial charge in [0.15, 0.2) is 0 Å². The minimum Gasteiger partial charge on any atom is -0.465 e. The highest BCUT2D eigenvalue weighted by Crippen LogP contribution is 2.34. The third-order valence-corrected chi connectivity index (χ3v) is 2.88. The van der Waals surface area contributed by atoms with Crippen LogP contribution in [0.1, 0.15) is 12.0 Å². The number of nitrogens with zero attached hydrogens (tertiary/aromatic N) is 1. The molecule has 0 N–H and O–H groups in total. The Balaban J connectivity index is 1.71. The van der Waals surface area contributed by atoms with Gasteiger partial charge in [-0.25, -0.2) is 4.39 Å². The third-order valence-electron chi connectivity index (χ3n) is 2.88. The summed E-state index contributed by atoms with van der Waals surface area (Å²) in [5.74, 6) is -1.42. The first-order valence-electron chi connectivity index (χ1n) is 5.62. The minimum atomic E-state index is -0.775. The molecule has 0 heterocycles. The number of esters is 1. The Morgan fingerprint density at radius 3 is 2.67 bits per heavy atom. The zero-order valence-electron chi connectivity index (χ0n) is 9.54. The average Bonchev–Trinajstić information content (AvgIpc) is 3.11. The van der Waals surface area contributed by atoms with Crippen molar-refractivity contribution in [2.45, 2.75) is 18.9 Å². The van der Waals surface area contributed by atoms with Gasteiger partial charge in [-0.05, 0) is 17.7 Å². The molecule has 6 heteroatoms. The smallest absolute Gasteiger partial charge is 0.316 e. The molecule has 18 heavy (non-hydrogen) atoms. The van der Waals surface area contributed by atoms with E-state index in [-0.39, 0.29) is 18.8 Å². The highest BCUT2D eigenvalue weighted by molar-refractivity contribution is 5.76. The second-order valence-electron chi connectivity index (χ2n) is 4.24. The van der Waals surface area contributed by atoms with Crippen LogP contribution in [0, 0.1) is 21.8 Å². The summed E-state index contributed by atoms with van der Waals surface area (Å²) in [6.45, 7) is 0.158. The molecule has 0 aliphatic heterocycles. The van der Waals surface area contributed by atoms with E-state index in [4.69, 9.17) is 4.74 Å². The van der Waals surface area contributed by atoms with Crippen LogP contribution in [0.2, 0.25) is 0 Å². The Labute approximate surface area is 103 Å². The van der Waals surface area contributed by atoms with Crippen molar-refractivity contribution in [1.29, 1.82) is 0 Å². The largest absolute Gasteiger partial charge is 0.465 e. The van der Waals surface area contributed by atoms with E-state index in [0.717, 1.165) is 5.56 Å². The first-order chi connectivity index (χ1) is 8.58. The first-order valence-corrected chi connectivity index (χ1v) is 5.62. The number of hydrogen-bond donors (Lipinski definition) is 0. The first kappa shape index (κ1) is 12.5. The summed E-state index contributed by atoms with van der Waals surface area (Å²) >= 11 is 0. The highest BCUT2D eigenvalue weighted by Gasteiger charge is 2.54. The molecule has 0 aromatic heterocycles. The van der Waals surface area contributed by atoms with E-state index in [0.29, 0.717) is 6.42 Å². The van der Waals surface area contributed by atoms with Crippen molar-refractivity contribution < 1.29 is 18.8 Å². The maximum absolute atomic E-state index is 12.6. The fraction of sp³-hybridized carbons (Fsp3) is 0.417. The Hall–Kier alpha value is -1.98. The van der Waals surface area contributed by atoms with E-state index in [9.17, 15) is 19.3 Å². The molecule has 2 rings (SSSR count). The van der Waals surface area contributed by atoms with Crippen LogP contribution < -0.4 is 0 Å². The summed E-state index contributed by atoms with van der Waals surface area (Å²) in [7, 11) is 0. The van der Waals surface area contributed by atoms with Gasteiger partial charge in [0, 0.05) is 17.8 Å². The molecule has 1 aliphatic carbocycles. The molecule has 1 aromatic rings. The van der Waals surface area contributed by atoms with Gasteiger partial charge in [0.2, 0.25) is 6.04 Å². The van der Waals surface area contributed by atoms with Crippen LogP contribution in [0.15, 0.2) is 24.3 Å². The van der Waals surface area contributed by atoms with Crippen molar-refractivity contribution >= 4 is 5.97 Å². The SMILES string of the molecule is O=C(OCCc1ccc(F)cc1)[C@@H]1C[C@@H]1[N+](=O)[O-]. The van der Waals surface area contributed by atoms with E-state index in [2.05, 4.69) is 0 Å². The van der Waals surface area contributed by atoms with Crippen molar-refractivity contribution in [3.8, 4) is 0 Å². The van der Waals surface area contributed by atoms with E-state index in [1.165, 1.54) is 12.1 Å². The Kier molecular flexibility index (Phi) is 3.55. The number of benzene rings is 1. The molecule has 1 aliphatic rings. The lowest BCUT2D eigenvalue weighted by Gasteiger charge is -2.03. The number of ether oxygens (including phenoxy) is 1. The monoisotopic (exact) mass is 253 g/mol. The summed E-state index contributed by atoms with van der Waals surface area (Å²) in [6, 6.07) is 5.12. The van der Waals surface area contributed by atoms with Crippen molar-refractivity contribution in [2.24, 2.45) is 5.92 Å². The second-order valence-corrected chi connectivity index (χ2v) is 4.24. The fourth-order valence-corrected chi connectivity index (χ4v) is 1.70. The lowest BCUT2D eigenvalue weighted by Crippen LogP contribution is -2.15. The predicted molar refractivity (Wildman–Crippen MR) is 60.0 cm³/mol. The molecule has 1 saturated carbocycles. The summed E-state index contributed by atoms with van der Waals surface area (Å²) in [5.41, 5.74) is 0.853. The zero-order chi connectivity index (χ0) is 13.1. The zero-order valence-corrected chi connectivity index (χ0v) is 9.54. The quantitative estimate of drug-likeness (QED) is 0.454. The Morgan fingerprint density at radius 2 is 2.11 bits per heavy atom. The number of rotatable bonds is 5. The van der Waals surface area contributed by atoms with Gasteiger partial charge in [-0.1, -0.05) is 12.1 Å². The van der Waals surface area contributed by atoms with Crippen molar-refractivity contribution in [2.75, 3.05) is 6.61 Å². The molecular formula is C12H12FNO4. The van der Waals surface area contributed by atoms with Crippen LogP contribution in [0.4, 0.5) is 4.39 Å². The average molecular weight is 253 g/mol. The Morgan fingerprint density at radius 1 is 1.44 bits per heavy atom. The van der Waals surface area contributed by atoms with Crippen molar-refractivity contribution in [1.82, 2.24) is 0 Å². The van der Waals surface area contributed by atoms with E-state index in [1.54, 1.807) is 12.1 Å². The molecule has 0 spiro atoms.